The van der Waals surface area contributed by atoms with Crippen LogP contribution in [0.15, 0.2) is 23.9 Å². The highest BCUT2D eigenvalue weighted by Gasteiger charge is 2.30. The fraction of sp³-hybridized carbons (Fsp3) is 0.333. The lowest BCUT2D eigenvalue weighted by molar-refractivity contribution is -0.385. The van der Waals surface area contributed by atoms with Gasteiger partial charge in [-0.1, -0.05) is 19.4 Å². The van der Waals surface area contributed by atoms with Crippen LogP contribution in [0.25, 0.3) is 6.08 Å². The van der Waals surface area contributed by atoms with Gasteiger partial charge in [0.05, 0.1) is 12.0 Å². The number of nitrogens with one attached hydrogen (secondary N) is 1. The minimum absolute atomic E-state index is 0.155. The number of thiocarbonyl (C=S) groups is 1. The maximum atomic E-state index is 12.3. The molecule has 23 heavy (non-hydrogen) atoms. The molecule has 122 valence electrons. The van der Waals surface area contributed by atoms with Crippen molar-refractivity contribution in [1.29, 1.82) is 0 Å². The molecule has 1 saturated heterocycles. The number of nitro groups is 1. The molecular weight excluding hydrogens is 318 g/mol. The number of carbonyl (C=O) groups is 1. The zero-order valence-electron chi connectivity index (χ0n) is 12.9. The number of rotatable bonds is 6. The molecule has 2 rings (SSSR count). The highest BCUT2D eigenvalue weighted by molar-refractivity contribution is 7.80. The van der Waals surface area contributed by atoms with Crippen LogP contribution in [0, 0.1) is 10.1 Å². The van der Waals surface area contributed by atoms with Gasteiger partial charge in [0.2, 0.25) is 0 Å². The molecule has 1 N–H and O–H groups in total. The lowest BCUT2D eigenvalue weighted by Crippen LogP contribution is -2.31. The molecule has 1 aromatic carbocycles. The zero-order chi connectivity index (χ0) is 17.0. The van der Waals surface area contributed by atoms with Crippen LogP contribution in [0.5, 0.6) is 5.75 Å². The van der Waals surface area contributed by atoms with Crippen LogP contribution in [0.3, 0.4) is 0 Å². The molecule has 0 bridgehead atoms. The predicted octanol–water partition coefficient (Wildman–Crippen LogP) is 2.46. The first-order chi connectivity index (χ1) is 11.0. The third kappa shape index (κ3) is 3.65. The van der Waals surface area contributed by atoms with Crippen molar-refractivity contribution >= 4 is 35.0 Å². The topological polar surface area (TPSA) is 84.7 Å². The standard InChI is InChI=1S/C15H17N3O4S/c1-3-4-7-17-14(19)11(16-15(17)23)8-10-5-6-13(22-2)12(9-10)18(20)21/h5-6,8-9H,3-4,7H2,1-2H3,(H,16,23). The van der Waals surface area contributed by atoms with Gasteiger partial charge >= 0.3 is 5.69 Å². The Hall–Kier alpha value is -2.48. The molecule has 0 atom stereocenters. The van der Waals surface area contributed by atoms with E-state index in [4.69, 9.17) is 17.0 Å². The molecule has 0 unspecified atom stereocenters. The van der Waals surface area contributed by atoms with Crippen molar-refractivity contribution in [1.82, 2.24) is 10.2 Å². The fourth-order valence-electron chi connectivity index (χ4n) is 2.20. The fourth-order valence-corrected chi connectivity index (χ4v) is 2.48. The Bertz CT molecular complexity index is 687. The van der Waals surface area contributed by atoms with Gasteiger partial charge in [-0.05, 0) is 36.3 Å². The van der Waals surface area contributed by atoms with Crippen LogP contribution in [0.2, 0.25) is 0 Å². The van der Waals surface area contributed by atoms with Gasteiger partial charge < -0.3 is 10.1 Å². The highest BCUT2D eigenvalue weighted by atomic mass is 32.1. The molecule has 0 saturated carbocycles. The SMILES string of the molecule is CCCCN1C(=O)C(=Cc2ccc(OC)c([N+](=O)[O-])c2)NC1=S. The van der Waals surface area contributed by atoms with Gasteiger partial charge in [0, 0.05) is 12.6 Å². The smallest absolute Gasteiger partial charge is 0.311 e. The van der Waals surface area contributed by atoms with Gasteiger partial charge in [-0.15, -0.1) is 0 Å². The van der Waals surface area contributed by atoms with Gasteiger partial charge in [0.25, 0.3) is 5.91 Å². The Morgan fingerprint density at radius 1 is 1.48 bits per heavy atom. The van der Waals surface area contributed by atoms with Crippen molar-refractivity contribution in [3.05, 3.63) is 39.6 Å². The van der Waals surface area contributed by atoms with Crippen LogP contribution in [0.1, 0.15) is 25.3 Å². The molecule has 1 aliphatic heterocycles. The predicted molar refractivity (Wildman–Crippen MR) is 90.0 cm³/mol. The summed E-state index contributed by atoms with van der Waals surface area (Å²) < 4.78 is 4.96. The van der Waals surface area contributed by atoms with Gasteiger partial charge in [-0.3, -0.25) is 19.8 Å². The third-order valence-electron chi connectivity index (χ3n) is 3.41. The van der Waals surface area contributed by atoms with Crippen molar-refractivity contribution in [3.8, 4) is 5.75 Å². The zero-order valence-corrected chi connectivity index (χ0v) is 13.7. The monoisotopic (exact) mass is 335 g/mol. The number of nitro benzene ring substituents is 1. The van der Waals surface area contributed by atoms with Crippen LogP contribution < -0.4 is 10.1 Å². The number of methoxy groups -OCH3 is 1. The summed E-state index contributed by atoms with van der Waals surface area (Å²) >= 11 is 5.16. The number of hydrogen-bond donors (Lipinski definition) is 1. The summed E-state index contributed by atoms with van der Waals surface area (Å²) in [4.78, 5) is 24.3. The molecule has 1 amide bonds. The third-order valence-corrected chi connectivity index (χ3v) is 3.73. The van der Waals surface area contributed by atoms with Gasteiger partial charge in [0.1, 0.15) is 5.70 Å². The molecule has 1 fully saturated rings. The maximum Gasteiger partial charge on any atom is 0.311 e. The summed E-state index contributed by atoms with van der Waals surface area (Å²) in [5, 5.41) is 14.3. The summed E-state index contributed by atoms with van der Waals surface area (Å²) in [7, 11) is 1.37. The maximum absolute atomic E-state index is 12.3. The van der Waals surface area contributed by atoms with E-state index in [0.29, 0.717) is 22.9 Å². The molecule has 0 aromatic heterocycles. The molecule has 1 aromatic rings. The first-order valence-electron chi connectivity index (χ1n) is 7.15. The van der Waals surface area contributed by atoms with E-state index in [0.717, 1.165) is 12.8 Å². The number of ether oxygens (including phenoxy) is 1. The Balaban J connectivity index is 2.28. The molecule has 1 heterocycles. The second-order valence-corrected chi connectivity index (χ2v) is 5.37. The molecule has 0 spiro atoms. The van der Waals surface area contributed by atoms with E-state index in [2.05, 4.69) is 5.32 Å². The number of unbranched alkanes of at least 4 members (excludes halogenated alkanes) is 1. The second-order valence-electron chi connectivity index (χ2n) is 4.99. The minimum atomic E-state index is -0.525. The highest BCUT2D eigenvalue weighted by Crippen LogP contribution is 2.28. The second kappa shape index (κ2) is 7.19. The van der Waals surface area contributed by atoms with Crippen molar-refractivity contribution in [3.63, 3.8) is 0 Å². The molecule has 7 nitrogen and oxygen atoms in total. The Morgan fingerprint density at radius 3 is 2.83 bits per heavy atom. The summed E-state index contributed by atoms with van der Waals surface area (Å²) in [6.45, 7) is 2.59. The first kappa shape index (κ1) is 16.9. The molecule has 1 aliphatic rings. The molecule has 8 heteroatoms. The summed E-state index contributed by atoms with van der Waals surface area (Å²) in [6.07, 6.45) is 3.36. The lowest BCUT2D eigenvalue weighted by Gasteiger charge is -2.12. The van der Waals surface area contributed by atoms with Crippen molar-refractivity contribution in [2.75, 3.05) is 13.7 Å². The van der Waals surface area contributed by atoms with Crippen LogP contribution in [0.4, 0.5) is 5.69 Å². The first-order valence-corrected chi connectivity index (χ1v) is 7.55. The largest absolute Gasteiger partial charge is 0.490 e. The minimum Gasteiger partial charge on any atom is -0.490 e. The normalized spacial score (nSPS) is 15.9. The van der Waals surface area contributed by atoms with Crippen molar-refractivity contribution in [2.24, 2.45) is 0 Å². The Kier molecular flexibility index (Phi) is 5.28. The lowest BCUT2D eigenvalue weighted by atomic mass is 10.1. The van der Waals surface area contributed by atoms with Crippen LogP contribution >= 0.6 is 12.2 Å². The van der Waals surface area contributed by atoms with E-state index >= 15 is 0 Å². The van der Waals surface area contributed by atoms with E-state index in [1.807, 2.05) is 6.92 Å². The van der Waals surface area contributed by atoms with Gasteiger partial charge in [-0.2, -0.15) is 0 Å². The number of benzene rings is 1. The van der Waals surface area contributed by atoms with E-state index in [1.54, 1.807) is 12.1 Å². The number of amides is 1. The number of carbonyl (C=O) groups excluding carboxylic acids is 1. The Morgan fingerprint density at radius 2 is 2.22 bits per heavy atom. The summed E-state index contributed by atoms with van der Waals surface area (Å²) in [6, 6.07) is 4.50. The summed E-state index contributed by atoms with van der Waals surface area (Å²) in [5.41, 5.74) is 0.678. The van der Waals surface area contributed by atoms with Gasteiger partial charge in [-0.25, -0.2) is 0 Å². The number of nitrogens with zero attached hydrogens (tertiary/aromatic N) is 2. The molecular formula is C15H17N3O4S. The van der Waals surface area contributed by atoms with E-state index in [1.165, 1.54) is 24.1 Å². The van der Waals surface area contributed by atoms with E-state index < -0.39 is 4.92 Å². The molecule has 0 radical (unpaired) electrons. The van der Waals surface area contributed by atoms with Crippen molar-refractivity contribution < 1.29 is 14.5 Å². The Labute approximate surface area is 139 Å². The van der Waals surface area contributed by atoms with E-state index in [9.17, 15) is 14.9 Å². The summed E-state index contributed by atoms with van der Waals surface area (Å²) in [5.74, 6) is -0.0510. The average molecular weight is 335 g/mol. The molecule has 0 aliphatic carbocycles. The number of hydrogen-bond acceptors (Lipinski definition) is 5. The average Bonchev–Trinajstić information content (AvgIpc) is 2.79. The van der Waals surface area contributed by atoms with Crippen LogP contribution in [-0.4, -0.2) is 34.5 Å². The van der Waals surface area contributed by atoms with E-state index in [-0.39, 0.29) is 17.3 Å². The quantitative estimate of drug-likeness (QED) is 0.372. The van der Waals surface area contributed by atoms with Crippen LogP contribution in [-0.2, 0) is 4.79 Å². The van der Waals surface area contributed by atoms with Crippen molar-refractivity contribution in [2.45, 2.75) is 19.8 Å². The van der Waals surface area contributed by atoms with Gasteiger partial charge in [0.15, 0.2) is 10.9 Å².